The average Bonchev–Trinajstić information content (AvgIpc) is 2.96. The van der Waals surface area contributed by atoms with Crippen LogP contribution in [0.25, 0.3) is 21.9 Å². The van der Waals surface area contributed by atoms with Gasteiger partial charge in [-0.1, -0.05) is 84.0 Å². The summed E-state index contributed by atoms with van der Waals surface area (Å²) in [5.41, 5.74) is 3.34. The van der Waals surface area contributed by atoms with Crippen LogP contribution in [0.4, 0.5) is 11.4 Å². The Morgan fingerprint density at radius 1 is 0.875 bits per heavy atom. The molecule has 40 heavy (non-hydrogen) atoms. The summed E-state index contributed by atoms with van der Waals surface area (Å²) in [6.07, 6.45) is 0. The molecule has 0 radical (unpaired) electrons. The van der Waals surface area contributed by atoms with Gasteiger partial charge in [-0.15, -0.1) is 0 Å². The molecule has 2 N–H and O–H groups in total. The van der Waals surface area contributed by atoms with E-state index in [2.05, 4.69) is 21.7 Å². The Kier molecular flexibility index (Phi) is 8.11. The molecule has 0 saturated carbocycles. The van der Waals surface area contributed by atoms with Crippen LogP contribution in [0.15, 0.2) is 102 Å². The molecule has 0 spiro atoms. The monoisotopic (exact) mass is 562 g/mol. The second-order valence-corrected chi connectivity index (χ2v) is 10.4. The number of benzene rings is 4. The van der Waals surface area contributed by atoms with Crippen molar-refractivity contribution in [3.63, 3.8) is 0 Å². The molecule has 196 valence electrons. The third-order valence-corrected chi connectivity index (χ3v) is 7.45. The highest BCUT2D eigenvalue weighted by atomic mass is 35.5. The molecule has 0 aliphatic heterocycles. The highest BCUT2D eigenvalue weighted by molar-refractivity contribution is 8.00. The van der Waals surface area contributed by atoms with Gasteiger partial charge in [-0.3, -0.25) is 9.59 Å². The van der Waals surface area contributed by atoms with Crippen molar-refractivity contribution in [2.45, 2.75) is 11.9 Å². The zero-order valence-corrected chi connectivity index (χ0v) is 23.0. The van der Waals surface area contributed by atoms with E-state index in [4.69, 9.17) is 11.6 Å². The minimum Gasteiger partial charge on any atom is -0.325 e. The van der Waals surface area contributed by atoms with Crippen LogP contribution >= 0.6 is 23.4 Å². The van der Waals surface area contributed by atoms with Gasteiger partial charge in [0.2, 0.25) is 5.91 Å². The van der Waals surface area contributed by atoms with Gasteiger partial charge >= 0.3 is 0 Å². The number of aryl methyl sites for hydroxylation is 1. The number of hydrogen-bond acceptors (Lipinski definition) is 5. The van der Waals surface area contributed by atoms with Crippen LogP contribution in [0.5, 0.6) is 0 Å². The lowest BCUT2D eigenvalue weighted by molar-refractivity contribution is -0.113. The van der Waals surface area contributed by atoms with E-state index in [1.165, 1.54) is 0 Å². The van der Waals surface area contributed by atoms with Crippen LogP contribution in [0.3, 0.4) is 0 Å². The van der Waals surface area contributed by atoms with Gasteiger partial charge in [0, 0.05) is 22.0 Å². The first-order chi connectivity index (χ1) is 19.4. The number of fused-ring (bicyclic) bond motifs is 1. The first-order valence-corrected chi connectivity index (χ1v) is 13.8. The van der Waals surface area contributed by atoms with E-state index in [1.54, 1.807) is 43.3 Å². The van der Waals surface area contributed by atoms with Crippen LogP contribution in [-0.2, 0) is 4.79 Å². The summed E-state index contributed by atoms with van der Waals surface area (Å²) >= 11 is 7.27. The molecule has 5 rings (SSSR count). The fraction of sp³-hybridized carbons (Fsp3) is 0.0625. The molecular weight excluding hydrogens is 540 g/mol. The Labute approximate surface area is 241 Å². The molecule has 0 atom stereocenters. The van der Waals surface area contributed by atoms with Gasteiger partial charge in [-0.05, 0) is 59.7 Å². The number of aromatic nitrogens is 1. The van der Waals surface area contributed by atoms with Crippen LogP contribution in [0.1, 0.15) is 21.6 Å². The Morgan fingerprint density at radius 2 is 1.57 bits per heavy atom. The summed E-state index contributed by atoms with van der Waals surface area (Å²) in [6, 6.07) is 31.9. The fourth-order valence-corrected chi connectivity index (χ4v) is 5.34. The molecular formula is C32H23ClN4O2S. The Bertz CT molecular complexity index is 1770. The lowest BCUT2D eigenvalue weighted by Crippen LogP contribution is -2.18. The number of nitrogens with zero attached hydrogens (tertiary/aromatic N) is 2. The van der Waals surface area contributed by atoms with E-state index >= 15 is 0 Å². The van der Waals surface area contributed by atoms with Crippen molar-refractivity contribution in [1.29, 1.82) is 5.26 Å². The van der Waals surface area contributed by atoms with Gasteiger partial charge in [0.1, 0.15) is 11.1 Å². The van der Waals surface area contributed by atoms with E-state index in [9.17, 15) is 14.9 Å². The second-order valence-electron chi connectivity index (χ2n) is 8.96. The molecule has 1 heterocycles. The number of para-hydroxylation sites is 1. The Balaban J connectivity index is 1.46. The van der Waals surface area contributed by atoms with Crippen molar-refractivity contribution in [1.82, 2.24) is 4.98 Å². The normalized spacial score (nSPS) is 10.6. The first kappa shape index (κ1) is 26.9. The molecule has 0 aliphatic rings. The largest absolute Gasteiger partial charge is 0.325 e. The van der Waals surface area contributed by atoms with Crippen molar-refractivity contribution in [2.75, 3.05) is 16.4 Å². The summed E-state index contributed by atoms with van der Waals surface area (Å²) in [7, 11) is 0. The lowest BCUT2D eigenvalue weighted by Gasteiger charge is -2.17. The average molecular weight is 563 g/mol. The van der Waals surface area contributed by atoms with Crippen molar-refractivity contribution in [3.05, 3.63) is 119 Å². The molecule has 5 aromatic rings. The number of carbonyl (C=O) groups is 2. The van der Waals surface area contributed by atoms with Crippen molar-refractivity contribution >= 4 is 57.3 Å². The van der Waals surface area contributed by atoms with Gasteiger partial charge in [-0.2, -0.15) is 5.26 Å². The quantitative estimate of drug-likeness (QED) is 0.198. The van der Waals surface area contributed by atoms with Crippen LogP contribution in [0.2, 0.25) is 5.02 Å². The number of amides is 2. The minimum absolute atomic E-state index is 0.0313. The van der Waals surface area contributed by atoms with Crippen molar-refractivity contribution in [3.8, 4) is 17.2 Å². The van der Waals surface area contributed by atoms with E-state index in [1.807, 2.05) is 60.7 Å². The summed E-state index contributed by atoms with van der Waals surface area (Å²) in [4.78, 5) is 30.9. The van der Waals surface area contributed by atoms with Gasteiger partial charge < -0.3 is 10.6 Å². The molecule has 2 amide bonds. The Hall–Kier alpha value is -4.64. The summed E-state index contributed by atoms with van der Waals surface area (Å²) in [5.74, 6) is -0.588. The predicted octanol–water partition coefficient (Wildman–Crippen LogP) is 7.72. The smallest absolute Gasteiger partial charge is 0.258 e. The van der Waals surface area contributed by atoms with Crippen LogP contribution in [-0.4, -0.2) is 22.6 Å². The van der Waals surface area contributed by atoms with Crippen LogP contribution in [0, 0.1) is 18.3 Å². The Morgan fingerprint density at radius 3 is 2.30 bits per heavy atom. The molecule has 0 aliphatic carbocycles. The lowest BCUT2D eigenvalue weighted by atomic mass is 9.94. The SMILES string of the molecule is Cc1nc(SCC(=O)Nc2ccc3ccccc3c2)c(C#N)c(-c2ccc(Cl)cc2)c1C(=O)Nc1ccccc1. The van der Waals surface area contributed by atoms with Crippen molar-refractivity contribution < 1.29 is 9.59 Å². The molecule has 4 aromatic carbocycles. The highest BCUT2D eigenvalue weighted by Crippen LogP contribution is 2.36. The van der Waals surface area contributed by atoms with E-state index in [0.717, 1.165) is 22.5 Å². The maximum atomic E-state index is 13.5. The van der Waals surface area contributed by atoms with Gasteiger partial charge in [-0.25, -0.2) is 4.98 Å². The number of pyridine rings is 1. The molecule has 0 fully saturated rings. The molecule has 6 nitrogen and oxygen atoms in total. The molecule has 0 unspecified atom stereocenters. The first-order valence-electron chi connectivity index (χ1n) is 12.4. The predicted molar refractivity (Wildman–Crippen MR) is 162 cm³/mol. The van der Waals surface area contributed by atoms with E-state index in [0.29, 0.717) is 38.2 Å². The van der Waals surface area contributed by atoms with Gasteiger partial charge in [0.05, 0.1) is 22.6 Å². The minimum atomic E-state index is -0.386. The number of rotatable bonds is 7. The molecule has 1 aromatic heterocycles. The number of thioether (sulfide) groups is 1. The standard InChI is InChI=1S/C32H23ClN4O2S/c1-20-29(31(39)37-25-9-3-2-4-10-25)30(22-11-14-24(33)15-12-22)27(18-34)32(35-20)40-19-28(38)36-26-16-13-21-7-5-6-8-23(21)17-26/h2-17H,19H2,1H3,(H,36,38)(H,37,39). The van der Waals surface area contributed by atoms with Crippen LogP contribution < -0.4 is 10.6 Å². The number of nitrogens with one attached hydrogen (secondary N) is 2. The maximum absolute atomic E-state index is 13.5. The summed E-state index contributed by atoms with van der Waals surface area (Å²) in [5, 5.41) is 19.1. The maximum Gasteiger partial charge on any atom is 0.258 e. The highest BCUT2D eigenvalue weighted by Gasteiger charge is 2.25. The van der Waals surface area contributed by atoms with Gasteiger partial charge in [0.15, 0.2) is 0 Å². The number of carbonyl (C=O) groups excluding carboxylic acids is 2. The topological polar surface area (TPSA) is 94.9 Å². The zero-order chi connectivity index (χ0) is 28.1. The zero-order valence-electron chi connectivity index (χ0n) is 21.4. The molecule has 8 heteroatoms. The number of anilines is 2. The second kappa shape index (κ2) is 12.0. The van der Waals surface area contributed by atoms with Crippen molar-refractivity contribution in [2.24, 2.45) is 0 Å². The van der Waals surface area contributed by atoms with E-state index < -0.39 is 0 Å². The number of hydrogen-bond donors (Lipinski definition) is 2. The number of halogens is 1. The third kappa shape index (κ3) is 5.99. The van der Waals surface area contributed by atoms with Gasteiger partial charge in [0.25, 0.3) is 5.91 Å². The molecule has 0 saturated heterocycles. The third-order valence-electron chi connectivity index (χ3n) is 6.22. The number of nitriles is 1. The fourth-order valence-electron chi connectivity index (χ4n) is 4.38. The van der Waals surface area contributed by atoms with E-state index in [-0.39, 0.29) is 28.7 Å². The molecule has 0 bridgehead atoms. The summed E-state index contributed by atoms with van der Waals surface area (Å²) < 4.78 is 0. The summed E-state index contributed by atoms with van der Waals surface area (Å²) in [6.45, 7) is 1.72.